The molecule has 1 saturated heterocycles. The van der Waals surface area contributed by atoms with Crippen LogP contribution in [0.25, 0.3) is 21.7 Å². The summed E-state index contributed by atoms with van der Waals surface area (Å²) in [5, 5.41) is 7.71. The number of amides is 1. The van der Waals surface area contributed by atoms with Crippen LogP contribution in [0.2, 0.25) is 0 Å². The maximum absolute atomic E-state index is 12.6. The highest BCUT2D eigenvalue weighted by atomic mass is 32.1. The van der Waals surface area contributed by atoms with Gasteiger partial charge in [0.15, 0.2) is 5.58 Å². The van der Waals surface area contributed by atoms with Gasteiger partial charge in [0.25, 0.3) is 5.91 Å². The Morgan fingerprint density at radius 2 is 2.09 bits per heavy atom. The molecule has 3 aromatic rings. The van der Waals surface area contributed by atoms with Crippen molar-refractivity contribution >= 4 is 28.2 Å². The van der Waals surface area contributed by atoms with E-state index in [1.54, 1.807) is 12.3 Å². The molecular weight excluding hydrogens is 312 g/mol. The largest absolute Gasteiger partial charge is 0.356 e. The summed E-state index contributed by atoms with van der Waals surface area (Å²) in [6.07, 6.45) is 1.74. The lowest BCUT2D eigenvalue weighted by Gasteiger charge is -2.32. The molecular formula is C16H16N4O2S. The van der Waals surface area contributed by atoms with Gasteiger partial charge >= 0.3 is 0 Å². The van der Waals surface area contributed by atoms with Gasteiger partial charge in [0.1, 0.15) is 10.7 Å². The highest BCUT2D eigenvalue weighted by Gasteiger charge is 2.21. The number of likely N-dealkylation sites (N-methyl/N-ethyl adjacent to an activating group) is 1. The molecule has 118 valence electrons. The minimum Gasteiger partial charge on any atom is -0.356 e. The Hall–Kier alpha value is -2.25. The van der Waals surface area contributed by atoms with Crippen molar-refractivity contribution < 1.29 is 9.32 Å². The van der Waals surface area contributed by atoms with Gasteiger partial charge < -0.3 is 14.3 Å². The summed E-state index contributed by atoms with van der Waals surface area (Å²) < 4.78 is 5.41. The van der Waals surface area contributed by atoms with Gasteiger partial charge in [-0.15, -0.1) is 11.3 Å². The van der Waals surface area contributed by atoms with Crippen LogP contribution in [0.1, 0.15) is 10.4 Å². The molecule has 0 spiro atoms. The summed E-state index contributed by atoms with van der Waals surface area (Å²) in [6, 6.07) is 5.52. The maximum Gasteiger partial charge on any atom is 0.254 e. The first kappa shape index (κ1) is 14.3. The van der Waals surface area contributed by atoms with Crippen molar-refractivity contribution in [2.45, 2.75) is 0 Å². The lowest BCUT2D eigenvalue weighted by Crippen LogP contribution is -2.47. The van der Waals surface area contributed by atoms with Gasteiger partial charge in [0, 0.05) is 43.3 Å². The van der Waals surface area contributed by atoms with Crippen molar-refractivity contribution in [2.24, 2.45) is 0 Å². The zero-order chi connectivity index (χ0) is 15.8. The van der Waals surface area contributed by atoms with Gasteiger partial charge in [0.2, 0.25) is 0 Å². The first-order valence-electron chi connectivity index (χ1n) is 7.49. The Morgan fingerprint density at radius 1 is 1.26 bits per heavy atom. The van der Waals surface area contributed by atoms with E-state index in [-0.39, 0.29) is 5.91 Å². The molecule has 0 bridgehead atoms. The van der Waals surface area contributed by atoms with Crippen LogP contribution in [0.3, 0.4) is 0 Å². The van der Waals surface area contributed by atoms with Crippen LogP contribution in [0.4, 0.5) is 0 Å². The molecule has 3 heterocycles. The number of aromatic nitrogens is 2. The highest BCUT2D eigenvalue weighted by Crippen LogP contribution is 2.30. The van der Waals surface area contributed by atoms with Gasteiger partial charge in [-0.25, -0.2) is 4.98 Å². The minimum absolute atomic E-state index is 0.0483. The van der Waals surface area contributed by atoms with E-state index in [0.717, 1.165) is 42.3 Å². The number of fused-ring (bicyclic) bond motifs is 1. The third-order valence-electron chi connectivity index (χ3n) is 4.14. The van der Waals surface area contributed by atoms with Crippen LogP contribution >= 0.6 is 11.3 Å². The standard InChI is InChI=1S/C16H16N4O2S/c1-19-5-7-20(8-6-19)16(21)11-2-3-12-13(10-11)22-18-14(12)15-17-4-9-23-15/h2-4,9-10H,5-8H2,1H3. The molecule has 0 saturated carbocycles. The van der Waals surface area contributed by atoms with Crippen LogP contribution in [-0.4, -0.2) is 59.1 Å². The maximum atomic E-state index is 12.6. The van der Waals surface area contributed by atoms with Crippen molar-refractivity contribution in [3.63, 3.8) is 0 Å². The number of hydrogen-bond donors (Lipinski definition) is 0. The number of carbonyl (C=O) groups is 1. The molecule has 4 rings (SSSR count). The van der Waals surface area contributed by atoms with Crippen LogP contribution in [0.15, 0.2) is 34.3 Å². The Balaban J connectivity index is 1.63. The SMILES string of the molecule is CN1CCN(C(=O)c2ccc3c(-c4nccs4)noc3c2)CC1. The second-order valence-electron chi connectivity index (χ2n) is 5.67. The smallest absolute Gasteiger partial charge is 0.254 e. The van der Waals surface area contributed by atoms with Crippen LogP contribution in [0, 0.1) is 0 Å². The second-order valence-corrected chi connectivity index (χ2v) is 6.57. The quantitative estimate of drug-likeness (QED) is 0.722. The topological polar surface area (TPSA) is 62.5 Å². The first-order chi connectivity index (χ1) is 11.2. The van der Waals surface area contributed by atoms with Gasteiger partial charge in [0.05, 0.1) is 5.39 Å². The average molecular weight is 328 g/mol. The summed E-state index contributed by atoms with van der Waals surface area (Å²) in [7, 11) is 2.07. The van der Waals surface area contributed by atoms with Crippen molar-refractivity contribution in [3.8, 4) is 10.7 Å². The van der Waals surface area contributed by atoms with E-state index in [2.05, 4.69) is 22.1 Å². The van der Waals surface area contributed by atoms with Gasteiger partial charge in [-0.2, -0.15) is 0 Å². The molecule has 0 N–H and O–H groups in total. The Kier molecular flexibility index (Phi) is 3.59. The first-order valence-corrected chi connectivity index (χ1v) is 8.37. The molecule has 23 heavy (non-hydrogen) atoms. The summed E-state index contributed by atoms with van der Waals surface area (Å²) in [6.45, 7) is 3.33. The number of carbonyl (C=O) groups excluding carboxylic acids is 1. The van der Waals surface area contributed by atoms with Crippen molar-refractivity contribution in [1.82, 2.24) is 19.9 Å². The van der Waals surface area contributed by atoms with E-state index in [4.69, 9.17) is 4.52 Å². The van der Waals surface area contributed by atoms with Gasteiger partial charge in [-0.05, 0) is 25.2 Å². The van der Waals surface area contributed by atoms with Crippen molar-refractivity contribution in [2.75, 3.05) is 33.2 Å². The molecule has 7 heteroatoms. The second kappa shape index (κ2) is 5.75. The molecule has 0 unspecified atom stereocenters. The zero-order valence-electron chi connectivity index (χ0n) is 12.7. The van der Waals surface area contributed by atoms with E-state index >= 15 is 0 Å². The Morgan fingerprint density at radius 3 is 2.83 bits per heavy atom. The van der Waals surface area contributed by atoms with E-state index in [9.17, 15) is 4.79 Å². The number of benzene rings is 1. The molecule has 1 amide bonds. The van der Waals surface area contributed by atoms with Gasteiger partial charge in [-0.1, -0.05) is 5.16 Å². The molecule has 0 radical (unpaired) electrons. The number of piperazine rings is 1. The minimum atomic E-state index is 0.0483. The monoisotopic (exact) mass is 328 g/mol. The fourth-order valence-electron chi connectivity index (χ4n) is 2.76. The summed E-state index contributed by atoms with van der Waals surface area (Å²) >= 11 is 1.52. The fourth-order valence-corrected chi connectivity index (χ4v) is 3.39. The third kappa shape index (κ3) is 2.62. The zero-order valence-corrected chi connectivity index (χ0v) is 13.5. The van der Waals surface area contributed by atoms with Crippen molar-refractivity contribution in [3.05, 3.63) is 35.3 Å². The highest BCUT2D eigenvalue weighted by molar-refractivity contribution is 7.13. The molecule has 1 aliphatic rings. The molecule has 2 aromatic heterocycles. The lowest BCUT2D eigenvalue weighted by atomic mass is 10.1. The van der Waals surface area contributed by atoms with Gasteiger partial charge in [-0.3, -0.25) is 4.79 Å². The predicted molar refractivity (Wildman–Crippen MR) is 88.5 cm³/mol. The summed E-state index contributed by atoms with van der Waals surface area (Å²) in [4.78, 5) is 21.0. The Labute approximate surface area is 137 Å². The number of thiazole rings is 1. The van der Waals surface area contributed by atoms with Crippen molar-refractivity contribution in [1.29, 1.82) is 0 Å². The molecule has 6 nitrogen and oxygen atoms in total. The number of rotatable bonds is 2. The van der Waals surface area contributed by atoms with E-state index in [0.29, 0.717) is 11.1 Å². The summed E-state index contributed by atoms with van der Waals surface area (Å²) in [5.74, 6) is 0.0483. The lowest BCUT2D eigenvalue weighted by molar-refractivity contribution is 0.0664. The molecule has 1 aliphatic heterocycles. The molecule has 1 aromatic carbocycles. The van der Waals surface area contributed by atoms with Crippen LogP contribution in [0.5, 0.6) is 0 Å². The van der Waals surface area contributed by atoms with E-state index in [1.165, 1.54) is 11.3 Å². The number of nitrogens with zero attached hydrogens (tertiary/aromatic N) is 4. The molecule has 0 atom stereocenters. The third-order valence-corrected chi connectivity index (χ3v) is 4.92. The average Bonchev–Trinajstić information content (AvgIpc) is 3.23. The normalized spacial score (nSPS) is 16.1. The predicted octanol–water partition coefficient (Wildman–Crippen LogP) is 2.34. The van der Waals surface area contributed by atoms with Crippen LogP contribution in [-0.2, 0) is 0 Å². The summed E-state index contributed by atoms with van der Waals surface area (Å²) in [5.41, 5.74) is 1.99. The molecule has 0 aliphatic carbocycles. The molecule has 1 fully saturated rings. The van der Waals surface area contributed by atoms with E-state index in [1.807, 2.05) is 22.4 Å². The van der Waals surface area contributed by atoms with E-state index < -0.39 is 0 Å². The fraction of sp³-hybridized carbons (Fsp3) is 0.312. The van der Waals surface area contributed by atoms with Crippen LogP contribution < -0.4 is 0 Å². The Bertz CT molecular complexity index is 835. The number of hydrogen-bond acceptors (Lipinski definition) is 6.